The van der Waals surface area contributed by atoms with Crippen molar-refractivity contribution in [3.05, 3.63) is 35.9 Å². The molecule has 0 amide bonds. The van der Waals surface area contributed by atoms with Gasteiger partial charge in [0.15, 0.2) is 0 Å². The molecule has 0 N–H and O–H groups in total. The number of hydrogen-bond donors (Lipinski definition) is 0. The molecule has 0 unspecified atom stereocenters. The van der Waals surface area contributed by atoms with Gasteiger partial charge in [-0.2, -0.15) is 35.9 Å². The van der Waals surface area contributed by atoms with Crippen molar-refractivity contribution in [3.63, 3.8) is 0 Å². The molecule has 0 radical (unpaired) electrons. The van der Waals surface area contributed by atoms with Gasteiger partial charge in [0.05, 0.1) is 0 Å². The van der Waals surface area contributed by atoms with Gasteiger partial charge in [-0.25, -0.2) is 0 Å². The molecule has 12 heavy (non-hydrogen) atoms. The van der Waals surface area contributed by atoms with Crippen LogP contribution in [-0.4, -0.2) is 0 Å². The maximum Gasteiger partial charge on any atom is 0 e. The fourth-order valence-corrected chi connectivity index (χ4v) is 0.650. The van der Waals surface area contributed by atoms with Gasteiger partial charge in [0.25, 0.3) is 0 Å². The van der Waals surface area contributed by atoms with E-state index in [0.717, 1.165) is 6.42 Å². The SMILES string of the molecule is CC.CCc1c[c-]ccc1.[Hf].[Hf]. The predicted octanol–water partition coefficient (Wildman–Crippen LogP) is 3.07. The third-order valence-corrected chi connectivity index (χ3v) is 1.18. The molecular formula is C10H15Hf2-. The number of hydrogen-bond acceptors (Lipinski definition) is 0. The van der Waals surface area contributed by atoms with Crippen LogP contribution >= 0.6 is 0 Å². The summed E-state index contributed by atoms with van der Waals surface area (Å²) in [7, 11) is 0. The van der Waals surface area contributed by atoms with E-state index in [0.29, 0.717) is 0 Å². The van der Waals surface area contributed by atoms with Crippen LogP contribution in [0.4, 0.5) is 0 Å². The second kappa shape index (κ2) is 14.5. The van der Waals surface area contributed by atoms with E-state index in [-0.39, 0.29) is 51.7 Å². The van der Waals surface area contributed by atoms with E-state index in [1.54, 1.807) is 0 Å². The van der Waals surface area contributed by atoms with Crippen LogP contribution in [0.1, 0.15) is 26.3 Å². The molecule has 1 aromatic carbocycles. The van der Waals surface area contributed by atoms with E-state index < -0.39 is 0 Å². The number of rotatable bonds is 1. The van der Waals surface area contributed by atoms with Crippen molar-refractivity contribution >= 4 is 0 Å². The maximum atomic E-state index is 3.01. The number of aryl methyl sites for hydroxylation is 1. The summed E-state index contributed by atoms with van der Waals surface area (Å²) in [6, 6.07) is 11.1. The van der Waals surface area contributed by atoms with Crippen molar-refractivity contribution in [2.45, 2.75) is 27.2 Å². The molecule has 0 bridgehead atoms. The van der Waals surface area contributed by atoms with Gasteiger partial charge in [-0.1, -0.05) is 27.2 Å². The molecule has 64 valence electrons. The zero-order valence-electron chi connectivity index (χ0n) is 8.02. The normalized spacial score (nSPS) is 6.58. The predicted molar refractivity (Wildman–Crippen MR) is 46.0 cm³/mol. The van der Waals surface area contributed by atoms with Gasteiger partial charge < -0.3 is 0 Å². The van der Waals surface area contributed by atoms with Crippen LogP contribution in [0.15, 0.2) is 24.3 Å². The van der Waals surface area contributed by atoms with E-state index in [4.69, 9.17) is 0 Å². The van der Waals surface area contributed by atoms with Gasteiger partial charge >= 0.3 is 0 Å². The Morgan fingerprint density at radius 1 is 1.25 bits per heavy atom. The third-order valence-electron chi connectivity index (χ3n) is 1.18. The molecule has 0 fully saturated rings. The first-order chi connectivity index (χ1) is 4.93. The van der Waals surface area contributed by atoms with E-state index in [1.165, 1.54) is 5.56 Å². The Bertz CT molecular complexity index is 149. The van der Waals surface area contributed by atoms with Crippen molar-refractivity contribution in [1.29, 1.82) is 0 Å². The summed E-state index contributed by atoms with van der Waals surface area (Å²) in [5.74, 6) is 0. The summed E-state index contributed by atoms with van der Waals surface area (Å²) < 4.78 is 0. The molecule has 0 nitrogen and oxygen atoms in total. The topological polar surface area (TPSA) is 0 Å². The summed E-state index contributed by atoms with van der Waals surface area (Å²) >= 11 is 0. The van der Waals surface area contributed by atoms with E-state index in [9.17, 15) is 0 Å². The molecule has 0 saturated heterocycles. The second-order valence-corrected chi connectivity index (χ2v) is 1.77. The van der Waals surface area contributed by atoms with Crippen LogP contribution in [0, 0.1) is 6.07 Å². The summed E-state index contributed by atoms with van der Waals surface area (Å²) in [6.07, 6.45) is 1.11. The van der Waals surface area contributed by atoms with Gasteiger partial charge in [0, 0.05) is 51.7 Å². The Hall–Kier alpha value is 0.960. The van der Waals surface area contributed by atoms with Crippen LogP contribution < -0.4 is 0 Å². The van der Waals surface area contributed by atoms with Crippen molar-refractivity contribution < 1.29 is 51.7 Å². The van der Waals surface area contributed by atoms with Gasteiger partial charge in [-0.15, -0.1) is 0 Å². The maximum absolute atomic E-state index is 3.01. The van der Waals surface area contributed by atoms with Crippen molar-refractivity contribution in [2.75, 3.05) is 0 Å². The molecule has 0 aliphatic carbocycles. The van der Waals surface area contributed by atoms with Crippen LogP contribution in [0.5, 0.6) is 0 Å². The smallest absolute Gasteiger partial charge is 0 e. The van der Waals surface area contributed by atoms with Crippen LogP contribution in [0.25, 0.3) is 0 Å². The molecule has 0 atom stereocenters. The Labute approximate surface area is 114 Å². The molecule has 0 spiro atoms. The minimum Gasteiger partial charge on any atom is -0.184 e. The largest absolute Gasteiger partial charge is 0.184 e. The first-order valence-electron chi connectivity index (χ1n) is 3.88. The van der Waals surface area contributed by atoms with Gasteiger partial charge in [-0.3, -0.25) is 0 Å². The fourth-order valence-electron chi connectivity index (χ4n) is 0.650. The van der Waals surface area contributed by atoms with Crippen molar-refractivity contribution in [2.24, 2.45) is 0 Å². The Morgan fingerprint density at radius 2 is 1.83 bits per heavy atom. The van der Waals surface area contributed by atoms with Crippen LogP contribution in [0.2, 0.25) is 0 Å². The molecule has 0 aliphatic heterocycles. The summed E-state index contributed by atoms with van der Waals surface area (Å²) in [5, 5.41) is 0. The summed E-state index contributed by atoms with van der Waals surface area (Å²) in [4.78, 5) is 0. The Balaban J connectivity index is -0.000000189. The van der Waals surface area contributed by atoms with Crippen LogP contribution in [-0.2, 0) is 58.1 Å². The zero-order valence-corrected chi connectivity index (χ0v) is 15.2. The molecule has 0 aliphatic rings. The fraction of sp³-hybridized carbons (Fsp3) is 0.400. The minimum absolute atomic E-state index is 0. The molecule has 2 heteroatoms. The van der Waals surface area contributed by atoms with E-state index in [1.807, 2.05) is 32.0 Å². The molecule has 0 heterocycles. The molecule has 0 aromatic heterocycles. The van der Waals surface area contributed by atoms with E-state index in [2.05, 4.69) is 19.1 Å². The average Bonchev–Trinajstić information content (AvgIpc) is 2.10. The monoisotopic (exact) mass is 495 g/mol. The molecule has 1 rings (SSSR count). The molecule has 1 aromatic rings. The first-order valence-corrected chi connectivity index (χ1v) is 3.88. The molecular weight excluding hydrogens is 477 g/mol. The second-order valence-electron chi connectivity index (χ2n) is 1.77. The Kier molecular flexibility index (Phi) is 22.6. The average molecular weight is 492 g/mol. The van der Waals surface area contributed by atoms with Gasteiger partial charge in [0.1, 0.15) is 0 Å². The minimum atomic E-state index is 0. The van der Waals surface area contributed by atoms with Gasteiger partial charge in [-0.05, 0) is 0 Å². The Morgan fingerprint density at radius 3 is 2.08 bits per heavy atom. The standard InChI is InChI=1S/C8H9.C2H6.2Hf/c1-2-8-6-4-3-5-7-8;1-2;;/h3-4,6-7H,2H2,1H3;1-2H3;;/q-1;;;. The molecule has 0 saturated carbocycles. The van der Waals surface area contributed by atoms with Crippen LogP contribution in [0.3, 0.4) is 0 Å². The summed E-state index contributed by atoms with van der Waals surface area (Å²) in [5.41, 5.74) is 1.35. The van der Waals surface area contributed by atoms with Crippen molar-refractivity contribution in [1.82, 2.24) is 0 Å². The zero-order chi connectivity index (χ0) is 7.82. The van der Waals surface area contributed by atoms with Gasteiger partial charge in [0.2, 0.25) is 0 Å². The number of benzene rings is 1. The van der Waals surface area contributed by atoms with E-state index >= 15 is 0 Å². The third kappa shape index (κ3) is 9.05. The quantitative estimate of drug-likeness (QED) is 0.418. The van der Waals surface area contributed by atoms with Crippen molar-refractivity contribution in [3.8, 4) is 0 Å². The first kappa shape index (κ1) is 18.7. The summed E-state index contributed by atoms with van der Waals surface area (Å²) in [6.45, 7) is 6.14.